The molecular formula is C14H19N5O2. The number of aromatic nitrogens is 3. The van der Waals surface area contributed by atoms with Gasteiger partial charge in [-0.25, -0.2) is 4.79 Å². The summed E-state index contributed by atoms with van der Waals surface area (Å²) in [7, 11) is 1.64. The van der Waals surface area contributed by atoms with Gasteiger partial charge >= 0.3 is 6.03 Å². The molecule has 0 aliphatic carbocycles. The molecule has 1 atom stereocenters. The molecule has 7 heteroatoms. The first-order chi connectivity index (χ1) is 10.2. The Labute approximate surface area is 123 Å². The summed E-state index contributed by atoms with van der Waals surface area (Å²) >= 11 is 0. The summed E-state index contributed by atoms with van der Waals surface area (Å²) in [6.07, 6.45) is 5.19. The second-order valence-corrected chi connectivity index (χ2v) is 4.56. The van der Waals surface area contributed by atoms with Crippen LogP contribution in [0.5, 0.6) is 0 Å². The fourth-order valence-electron chi connectivity index (χ4n) is 1.82. The highest BCUT2D eigenvalue weighted by Gasteiger charge is 2.10. The molecule has 0 fully saturated rings. The number of carbonyl (C=O) groups is 1. The molecule has 2 aromatic rings. The minimum absolute atomic E-state index is 0.108. The maximum Gasteiger partial charge on any atom is 0.320 e. The number of anilines is 1. The van der Waals surface area contributed by atoms with Gasteiger partial charge < -0.3 is 10.1 Å². The number of hydrogen-bond donors (Lipinski definition) is 2. The largest absolute Gasteiger partial charge is 0.383 e. The van der Waals surface area contributed by atoms with E-state index < -0.39 is 0 Å². The number of nitrogens with zero attached hydrogens (tertiary/aromatic N) is 3. The molecule has 0 bridgehead atoms. The van der Waals surface area contributed by atoms with Gasteiger partial charge in [0.2, 0.25) is 0 Å². The van der Waals surface area contributed by atoms with Crippen molar-refractivity contribution in [2.24, 2.45) is 0 Å². The van der Waals surface area contributed by atoms with Gasteiger partial charge in [0.15, 0.2) is 5.82 Å². The van der Waals surface area contributed by atoms with Crippen molar-refractivity contribution < 1.29 is 9.53 Å². The van der Waals surface area contributed by atoms with Crippen LogP contribution in [0.25, 0.3) is 0 Å². The van der Waals surface area contributed by atoms with Crippen LogP contribution in [0.15, 0.2) is 36.8 Å². The average Bonchev–Trinajstić information content (AvgIpc) is 2.93. The van der Waals surface area contributed by atoms with Crippen LogP contribution in [-0.4, -0.2) is 34.5 Å². The molecule has 0 saturated carbocycles. The van der Waals surface area contributed by atoms with Crippen LogP contribution in [0.2, 0.25) is 0 Å². The van der Waals surface area contributed by atoms with Gasteiger partial charge in [-0.3, -0.25) is 15.0 Å². The summed E-state index contributed by atoms with van der Waals surface area (Å²) in [6.45, 7) is 3.13. The van der Waals surface area contributed by atoms with Crippen molar-refractivity contribution >= 4 is 11.8 Å². The highest BCUT2D eigenvalue weighted by Crippen LogP contribution is 2.10. The molecule has 0 saturated heterocycles. The molecule has 21 heavy (non-hydrogen) atoms. The molecule has 7 nitrogen and oxygen atoms in total. The third-order valence-electron chi connectivity index (χ3n) is 2.96. The standard InChI is InChI=1S/C14H19N5O2/c1-11(12-3-6-15-7-4-12)16-14(20)17-13-5-8-19(18-13)9-10-21-2/h3-8,11H,9-10H2,1-2H3,(H2,16,17,18,20). The summed E-state index contributed by atoms with van der Waals surface area (Å²) in [5.74, 6) is 0.505. The Morgan fingerprint density at radius 1 is 1.38 bits per heavy atom. The number of ether oxygens (including phenoxy) is 1. The third kappa shape index (κ3) is 4.57. The number of rotatable bonds is 6. The maximum atomic E-state index is 11.9. The van der Waals surface area contributed by atoms with E-state index in [-0.39, 0.29) is 12.1 Å². The van der Waals surface area contributed by atoms with E-state index in [0.29, 0.717) is 19.0 Å². The molecule has 2 N–H and O–H groups in total. The van der Waals surface area contributed by atoms with E-state index in [1.807, 2.05) is 19.1 Å². The smallest absolute Gasteiger partial charge is 0.320 e. The normalized spacial score (nSPS) is 11.9. The minimum Gasteiger partial charge on any atom is -0.383 e. The number of hydrogen-bond acceptors (Lipinski definition) is 4. The van der Waals surface area contributed by atoms with E-state index in [4.69, 9.17) is 4.74 Å². The number of urea groups is 1. The predicted octanol–water partition coefficient (Wildman–Crippen LogP) is 1.81. The summed E-state index contributed by atoms with van der Waals surface area (Å²) < 4.78 is 6.69. The molecule has 0 aromatic carbocycles. The van der Waals surface area contributed by atoms with Gasteiger partial charge in [0, 0.05) is 31.8 Å². The zero-order valence-electron chi connectivity index (χ0n) is 12.1. The molecule has 0 spiro atoms. The first-order valence-corrected chi connectivity index (χ1v) is 6.69. The fraction of sp³-hybridized carbons (Fsp3) is 0.357. The van der Waals surface area contributed by atoms with E-state index in [1.54, 1.807) is 36.4 Å². The minimum atomic E-state index is -0.295. The molecular weight excluding hydrogens is 270 g/mol. The summed E-state index contributed by atoms with van der Waals surface area (Å²) in [5.41, 5.74) is 0.991. The van der Waals surface area contributed by atoms with Crippen molar-refractivity contribution in [2.45, 2.75) is 19.5 Å². The first-order valence-electron chi connectivity index (χ1n) is 6.69. The van der Waals surface area contributed by atoms with Gasteiger partial charge in [0.1, 0.15) is 0 Å². The number of amides is 2. The summed E-state index contributed by atoms with van der Waals surface area (Å²) in [6, 6.07) is 5.07. The Balaban J connectivity index is 1.85. The number of pyridine rings is 1. The monoisotopic (exact) mass is 289 g/mol. The van der Waals surface area contributed by atoms with E-state index in [1.165, 1.54) is 0 Å². The van der Waals surface area contributed by atoms with Crippen molar-refractivity contribution in [3.05, 3.63) is 42.4 Å². The van der Waals surface area contributed by atoms with E-state index in [2.05, 4.69) is 20.7 Å². The summed E-state index contributed by atoms with van der Waals surface area (Å²) in [5, 5.41) is 9.77. The van der Waals surface area contributed by atoms with Gasteiger partial charge in [-0.2, -0.15) is 5.10 Å². The van der Waals surface area contributed by atoms with Crippen molar-refractivity contribution in [1.29, 1.82) is 0 Å². The molecule has 112 valence electrons. The van der Waals surface area contributed by atoms with E-state index in [9.17, 15) is 4.79 Å². The second-order valence-electron chi connectivity index (χ2n) is 4.56. The number of methoxy groups -OCH3 is 1. The van der Waals surface area contributed by atoms with Crippen molar-refractivity contribution in [3.8, 4) is 0 Å². The first kappa shape index (κ1) is 15.0. The Bertz CT molecular complexity index is 570. The van der Waals surface area contributed by atoms with Crippen LogP contribution in [0.3, 0.4) is 0 Å². The van der Waals surface area contributed by atoms with Crippen LogP contribution < -0.4 is 10.6 Å². The van der Waals surface area contributed by atoms with Crippen LogP contribution in [0, 0.1) is 0 Å². The van der Waals surface area contributed by atoms with Crippen molar-refractivity contribution in [2.75, 3.05) is 19.0 Å². The van der Waals surface area contributed by atoms with E-state index in [0.717, 1.165) is 5.56 Å². The molecule has 2 heterocycles. The van der Waals surface area contributed by atoms with Crippen LogP contribution in [-0.2, 0) is 11.3 Å². The van der Waals surface area contributed by atoms with Gasteiger partial charge in [0.25, 0.3) is 0 Å². The SMILES string of the molecule is COCCn1ccc(NC(=O)NC(C)c2ccncc2)n1. The topological polar surface area (TPSA) is 81.1 Å². The molecule has 2 aromatic heterocycles. The Morgan fingerprint density at radius 2 is 2.14 bits per heavy atom. The maximum absolute atomic E-state index is 11.9. The quantitative estimate of drug-likeness (QED) is 0.849. The van der Waals surface area contributed by atoms with Gasteiger partial charge in [-0.15, -0.1) is 0 Å². The predicted molar refractivity (Wildman–Crippen MR) is 78.9 cm³/mol. The van der Waals surface area contributed by atoms with E-state index >= 15 is 0 Å². The molecule has 2 rings (SSSR count). The molecule has 2 amide bonds. The lowest BCUT2D eigenvalue weighted by molar-refractivity contribution is 0.183. The zero-order chi connectivity index (χ0) is 15.1. The molecule has 0 aliphatic heterocycles. The number of carbonyl (C=O) groups excluding carboxylic acids is 1. The molecule has 0 aliphatic rings. The lowest BCUT2D eigenvalue weighted by Gasteiger charge is -2.13. The molecule has 0 radical (unpaired) electrons. The van der Waals surface area contributed by atoms with Crippen LogP contribution in [0.1, 0.15) is 18.5 Å². The summed E-state index contributed by atoms with van der Waals surface area (Å²) in [4.78, 5) is 15.9. The van der Waals surface area contributed by atoms with Gasteiger partial charge in [-0.1, -0.05) is 0 Å². The van der Waals surface area contributed by atoms with Crippen molar-refractivity contribution in [3.63, 3.8) is 0 Å². The third-order valence-corrected chi connectivity index (χ3v) is 2.96. The Kier molecular flexibility index (Phi) is 5.28. The zero-order valence-corrected chi connectivity index (χ0v) is 12.1. The van der Waals surface area contributed by atoms with Crippen LogP contribution in [0.4, 0.5) is 10.6 Å². The lowest BCUT2D eigenvalue weighted by Crippen LogP contribution is -2.31. The highest BCUT2D eigenvalue weighted by molar-refractivity contribution is 5.88. The van der Waals surface area contributed by atoms with Crippen molar-refractivity contribution in [1.82, 2.24) is 20.1 Å². The Hall–Kier alpha value is -2.41. The van der Waals surface area contributed by atoms with Gasteiger partial charge in [0.05, 0.1) is 19.2 Å². The average molecular weight is 289 g/mol. The molecule has 1 unspecified atom stereocenters. The lowest BCUT2D eigenvalue weighted by atomic mass is 10.1. The second kappa shape index (κ2) is 7.39. The Morgan fingerprint density at radius 3 is 2.86 bits per heavy atom. The van der Waals surface area contributed by atoms with Gasteiger partial charge in [-0.05, 0) is 24.6 Å². The number of nitrogens with one attached hydrogen (secondary N) is 2. The fourth-order valence-corrected chi connectivity index (χ4v) is 1.82. The van der Waals surface area contributed by atoms with Crippen LogP contribution >= 0.6 is 0 Å². The highest BCUT2D eigenvalue weighted by atomic mass is 16.5.